The monoisotopic (exact) mass is 489 g/mol. The molecule has 1 aliphatic carbocycles. The van der Waals surface area contributed by atoms with Gasteiger partial charge in [-0.1, -0.05) is 56.3 Å². The first kappa shape index (κ1) is 25.3. The van der Waals surface area contributed by atoms with Gasteiger partial charge in [-0.2, -0.15) is 0 Å². The predicted molar refractivity (Wildman–Crippen MR) is 136 cm³/mol. The summed E-state index contributed by atoms with van der Waals surface area (Å²) < 4.78 is 25.7. The van der Waals surface area contributed by atoms with Crippen LogP contribution >= 0.6 is 11.6 Å². The zero-order valence-electron chi connectivity index (χ0n) is 19.7. The first-order chi connectivity index (χ1) is 15.4. The molecule has 3 rings (SSSR count). The van der Waals surface area contributed by atoms with Crippen LogP contribution in [0.2, 0.25) is 5.02 Å². The number of aliphatic hydroxyl groups is 1. The number of allylic oxidation sites excluding steroid dienone is 2. The number of aliphatic hydroxyl groups excluding tert-OH is 1. The normalized spacial score (nSPS) is 17.1. The van der Waals surface area contributed by atoms with Crippen LogP contribution in [-0.2, 0) is 14.8 Å². The highest BCUT2D eigenvalue weighted by atomic mass is 35.5. The molecule has 0 aromatic heterocycles. The molecule has 33 heavy (non-hydrogen) atoms. The number of nitrogens with one attached hydrogen (secondary N) is 1. The van der Waals surface area contributed by atoms with Gasteiger partial charge in [0.05, 0.1) is 11.8 Å². The summed E-state index contributed by atoms with van der Waals surface area (Å²) in [6, 6.07) is 10.6. The van der Waals surface area contributed by atoms with Crippen molar-refractivity contribution < 1.29 is 18.3 Å². The van der Waals surface area contributed by atoms with Crippen LogP contribution in [0.1, 0.15) is 63.5 Å². The third kappa shape index (κ3) is 5.98. The molecule has 7 heteroatoms. The number of sulfonamides is 1. The van der Waals surface area contributed by atoms with Crippen LogP contribution in [0, 0.1) is 12.3 Å². The summed E-state index contributed by atoms with van der Waals surface area (Å²) in [6.07, 6.45) is 7.14. The number of hydrogen-bond donors (Lipinski definition) is 2. The zero-order valence-corrected chi connectivity index (χ0v) is 21.2. The number of ketones is 1. The van der Waals surface area contributed by atoms with Gasteiger partial charge in [-0.05, 0) is 67.6 Å². The lowest BCUT2D eigenvalue weighted by Gasteiger charge is -2.29. The quantitative estimate of drug-likeness (QED) is 0.262. The molecule has 0 saturated heterocycles. The Morgan fingerprint density at radius 1 is 1.09 bits per heavy atom. The van der Waals surface area contributed by atoms with Crippen LogP contribution in [-0.4, -0.2) is 25.6 Å². The first-order valence-corrected chi connectivity index (χ1v) is 13.5. The smallest absolute Gasteiger partial charge is 0.229 e. The largest absolute Gasteiger partial charge is 0.511 e. The molecule has 1 fully saturated rings. The molecule has 0 atom stereocenters. The fourth-order valence-electron chi connectivity index (χ4n) is 4.67. The SMILES string of the molecule is CC(=O)/C(=C(/O)C1(C)CCCCCC1)c1cc(Cl)c(-c2cccc(NS(C)(=O)=O)c2)cc1C. The minimum atomic E-state index is -3.41. The molecule has 0 spiro atoms. The molecule has 0 radical (unpaired) electrons. The summed E-state index contributed by atoms with van der Waals surface area (Å²) in [5, 5.41) is 11.8. The minimum absolute atomic E-state index is 0.156. The maximum Gasteiger partial charge on any atom is 0.229 e. The van der Waals surface area contributed by atoms with Gasteiger partial charge in [0.15, 0.2) is 5.78 Å². The Morgan fingerprint density at radius 3 is 2.30 bits per heavy atom. The van der Waals surface area contributed by atoms with E-state index < -0.39 is 15.4 Å². The van der Waals surface area contributed by atoms with Crippen LogP contribution in [0.3, 0.4) is 0 Å². The molecule has 0 unspecified atom stereocenters. The highest BCUT2D eigenvalue weighted by Crippen LogP contribution is 2.44. The van der Waals surface area contributed by atoms with E-state index in [-0.39, 0.29) is 11.5 Å². The van der Waals surface area contributed by atoms with Crippen LogP contribution in [0.25, 0.3) is 16.7 Å². The number of anilines is 1. The lowest BCUT2D eigenvalue weighted by Crippen LogP contribution is -2.21. The van der Waals surface area contributed by atoms with Gasteiger partial charge >= 0.3 is 0 Å². The maximum atomic E-state index is 12.7. The second-order valence-electron chi connectivity index (χ2n) is 9.36. The lowest BCUT2D eigenvalue weighted by atomic mass is 9.77. The van der Waals surface area contributed by atoms with E-state index >= 15 is 0 Å². The lowest BCUT2D eigenvalue weighted by molar-refractivity contribution is -0.112. The van der Waals surface area contributed by atoms with Crippen LogP contribution in [0.15, 0.2) is 42.2 Å². The molecule has 2 aromatic carbocycles. The second-order valence-corrected chi connectivity index (χ2v) is 11.5. The van der Waals surface area contributed by atoms with Gasteiger partial charge in [0.25, 0.3) is 0 Å². The van der Waals surface area contributed by atoms with Crippen molar-refractivity contribution >= 4 is 38.7 Å². The number of carbonyl (C=O) groups is 1. The van der Waals surface area contributed by atoms with Gasteiger partial charge in [0.2, 0.25) is 10.0 Å². The van der Waals surface area contributed by atoms with Crippen LogP contribution in [0.4, 0.5) is 5.69 Å². The van der Waals surface area contributed by atoms with Gasteiger partial charge in [-0.15, -0.1) is 0 Å². The molecule has 2 aromatic rings. The molecule has 0 aliphatic heterocycles. The van der Waals surface area contributed by atoms with Crippen molar-refractivity contribution in [2.24, 2.45) is 5.41 Å². The molecule has 0 bridgehead atoms. The van der Waals surface area contributed by atoms with Gasteiger partial charge in [0, 0.05) is 21.7 Å². The van der Waals surface area contributed by atoms with E-state index in [2.05, 4.69) is 4.72 Å². The summed E-state index contributed by atoms with van der Waals surface area (Å²) >= 11 is 6.67. The van der Waals surface area contributed by atoms with E-state index in [4.69, 9.17) is 11.6 Å². The summed E-state index contributed by atoms with van der Waals surface area (Å²) in [5.41, 5.74) is 3.25. The number of hydrogen-bond acceptors (Lipinski definition) is 4. The summed E-state index contributed by atoms with van der Waals surface area (Å²) in [5.74, 6) is -0.0348. The molecular weight excluding hydrogens is 458 g/mol. The minimum Gasteiger partial charge on any atom is -0.511 e. The third-order valence-corrected chi connectivity index (χ3v) is 7.35. The summed E-state index contributed by atoms with van der Waals surface area (Å²) in [4.78, 5) is 12.7. The second kappa shape index (κ2) is 9.90. The van der Waals surface area contributed by atoms with Crippen molar-refractivity contribution in [1.82, 2.24) is 0 Å². The third-order valence-electron chi connectivity index (χ3n) is 6.43. The molecule has 178 valence electrons. The molecule has 1 aliphatic rings. The highest BCUT2D eigenvalue weighted by Gasteiger charge is 2.34. The van der Waals surface area contributed by atoms with E-state index in [1.807, 2.05) is 26.0 Å². The molecular formula is C26H32ClNO4S. The highest BCUT2D eigenvalue weighted by molar-refractivity contribution is 7.92. The Bertz CT molecular complexity index is 1190. The average molecular weight is 490 g/mol. The standard InChI is InChI=1S/C26H32ClNO4S/c1-17-14-22(19-10-9-11-20(15-19)28-33(4,31)32)23(27)16-21(17)24(18(2)29)25(30)26(3)12-7-5-6-8-13-26/h9-11,14-16,28,30H,5-8,12-13H2,1-4H3/b25-24-. The van der Waals surface area contributed by atoms with E-state index in [1.165, 1.54) is 6.92 Å². The first-order valence-electron chi connectivity index (χ1n) is 11.2. The summed E-state index contributed by atoms with van der Waals surface area (Å²) in [6.45, 7) is 5.41. The Balaban J connectivity index is 2.09. The van der Waals surface area contributed by atoms with Crippen molar-refractivity contribution in [3.05, 3.63) is 58.3 Å². The topological polar surface area (TPSA) is 83.5 Å². The van der Waals surface area contributed by atoms with E-state index in [1.54, 1.807) is 24.3 Å². The van der Waals surface area contributed by atoms with Gasteiger partial charge < -0.3 is 5.11 Å². The van der Waals surface area contributed by atoms with Crippen LogP contribution < -0.4 is 4.72 Å². The number of rotatable bonds is 6. The van der Waals surface area contributed by atoms with Crippen molar-refractivity contribution in [3.63, 3.8) is 0 Å². The van der Waals surface area contributed by atoms with Crippen molar-refractivity contribution in [3.8, 4) is 11.1 Å². The Hall–Kier alpha value is -2.31. The number of halogens is 1. The number of aryl methyl sites for hydroxylation is 1. The van der Waals surface area contributed by atoms with Gasteiger partial charge in [-0.25, -0.2) is 8.42 Å². The van der Waals surface area contributed by atoms with Crippen molar-refractivity contribution in [2.75, 3.05) is 11.0 Å². The van der Waals surface area contributed by atoms with Crippen molar-refractivity contribution in [1.29, 1.82) is 0 Å². The molecule has 1 saturated carbocycles. The van der Waals surface area contributed by atoms with E-state index in [0.717, 1.165) is 61.5 Å². The van der Waals surface area contributed by atoms with Crippen LogP contribution in [0.5, 0.6) is 0 Å². The van der Waals surface area contributed by atoms with Gasteiger partial charge in [-0.3, -0.25) is 9.52 Å². The fraction of sp³-hybridized carbons (Fsp3) is 0.423. The van der Waals surface area contributed by atoms with Crippen molar-refractivity contribution in [2.45, 2.75) is 59.3 Å². The van der Waals surface area contributed by atoms with E-state index in [0.29, 0.717) is 21.8 Å². The Morgan fingerprint density at radius 2 is 1.73 bits per heavy atom. The predicted octanol–water partition coefficient (Wildman–Crippen LogP) is 6.91. The maximum absolute atomic E-state index is 12.7. The number of benzene rings is 2. The molecule has 0 amide bonds. The number of Topliss-reactive ketones (excluding diaryl/α,β-unsaturated/α-hetero) is 1. The molecule has 5 nitrogen and oxygen atoms in total. The summed E-state index contributed by atoms with van der Waals surface area (Å²) in [7, 11) is -3.41. The Kier molecular flexibility index (Phi) is 7.59. The zero-order chi connectivity index (χ0) is 24.4. The van der Waals surface area contributed by atoms with E-state index in [9.17, 15) is 18.3 Å². The molecule has 0 heterocycles. The number of carbonyl (C=O) groups excluding carboxylic acids is 1. The average Bonchev–Trinajstić information content (AvgIpc) is 2.94. The van der Waals surface area contributed by atoms with Gasteiger partial charge in [0.1, 0.15) is 5.76 Å². The Labute approximate surface area is 201 Å². The molecule has 2 N–H and O–H groups in total. The fourth-order valence-corrected chi connectivity index (χ4v) is 5.50.